The van der Waals surface area contributed by atoms with Crippen molar-refractivity contribution in [2.24, 2.45) is 20.7 Å². The van der Waals surface area contributed by atoms with Crippen molar-refractivity contribution in [3.8, 4) is 0 Å². The SMILES string of the molecule is NC1=NC(=O)C2=C(CNc3ccccc3C3CCNC3)C=NC2=N1. The highest BCUT2D eigenvalue weighted by molar-refractivity contribution is 6.34. The third kappa shape index (κ3) is 2.63. The quantitative estimate of drug-likeness (QED) is 0.763. The van der Waals surface area contributed by atoms with E-state index in [4.69, 9.17) is 5.73 Å². The molecule has 1 aromatic carbocycles. The molecule has 4 N–H and O–H groups in total. The number of carbonyl (C=O) groups excluding carboxylic acids is 1. The first-order chi connectivity index (χ1) is 11.7. The number of anilines is 1. The lowest BCUT2D eigenvalue weighted by Crippen LogP contribution is -2.23. The highest BCUT2D eigenvalue weighted by Gasteiger charge is 2.28. The predicted octanol–water partition coefficient (Wildman–Crippen LogP) is 0.810. The highest BCUT2D eigenvalue weighted by atomic mass is 16.1. The molecule has 1 saturated heterocycles. The van der Waals surface area contributed by atoms with Crippen molar-refractivity contribution in [2.75, 3.05) is 25.0 Å². The summed E-state index contributed by atoms with van der Waals surface area (Å²) < 4.78 is 0. The van der Waals surface area contributed by atoms with Gasteiger partial charge in [0.1, 0.15) is 0 Å². The van der Waals surface area contributed by atoms with Crippen LogP contribution in [0.15, 0.2) is 50.4 Å². The lowest BCUT2D eigenvalue weighted by Gasteiger charge is -2.16. The summed E-state index contributed by atoms with van der Waals surface area (Å²) in [6.45, 7) is 2.54. The summed E-state index contributed by atoms with van der Waals surface area (Å²) in [5.74, 6) is 0.461. The van der Waals surface area contributed by atoms with Crippen LogP contribution in [0.1, 0.15) is 17.9 Å². The number of amides is 1. The fourth-order valence-corrected chi connectivity index (χ4v) is 3.28. The Kier molecular flexibility index (Phi) is 3.70. The van der Waals surface area contributed by atoms with E-state index in [2.05, 4.69) is 43.8 Å². The molecule has 0 aliphatic carbocycles. The van der Waals surface area contributed by atoms with Gasteiger partial charge in [0.15, 0.2) is 5.84 Å². The number of nitrogens with one attached hydrogen (secondary N) is 2. The Morgan fingerprint density at radius 1 is 1.29 bits per heavy atom. The Morgan fingerprint density at radius 2 is 2.17 bits per heavy atom. The molecule has 24 heavy (non-hydrogen) atoms. The lowest BCUT2D eigenvalue weighted by molar-refractivity contribution is -0.113. The number of para-hydroxylation sites is 1. The van der Waals surface area contributed by atoms with Crippen LogP contribution >= 0.6 is 0 Å². The van der Waals surface area contributed by atoms with Gasteiger partial charge in [-0.3, -0.25) is 4.79 Å². The number of amidine groups is 1. The second-order valence-electron chi connectivity index (χ2n) is 6.00. The smallest absolute Gasteiger partial charge is 0.284 e. The molecule has 4 rings (SSSR count). The molecular formula is C17H18N6O. The molecule has 3 heterocycles. The maximum atomic E-state index is 12.1. The van der Waals surface area contributed by atoms with Crippen molar-refractivity contribution in [1.82, 2.24) is 5.32 Å². The van der Waals surface area contributed by atoms with E-state index < -0.39 is 0 Å². The number of carbonyl (C=O) groups is 1. The van der Waals surface area contributed by atoms with Gasteiger partial charge < -0.3 is 16.4 Å². The average molecular weight is 322 g/mol. The van der Waals surface area contributed by atoms with E-state index in [0.717, 1.165) is 30.8 Å². The molecule has 7 nitrogen and oxygen atoms in total. The molecule has 0 radical (unpaired) electrons. The van der Waals surface area contributed by atoms with Gasteiger partial charge in [-0.05, 0) is 30.5 Å². The molecule has 0 aromatic heterocycles. The molecule has 0 bridgehead atoms. The lowest BCUT2D eigenvalue weighted by atomic mass is 9.96. The molecule has 7 heteroatoms. The van der Waals surface area contributed by atoms with Crippen molar-refractivity contribution in [3.05, 3.63) is 41.0 Å². The normalized spacial score (nSPS) is 22.5. The largest absolute Gasteiger partial charge is 0.381 e. The molecule has 1 aromatic rings. The number of aliphatic imine (C=N–C) groups is 3. The van der Waals surface area contributed by atoms with Gasteiger partial charge in [0.25, 0.3) is 5.91 Å². The summed E-state index contributed by atoms with van der Waals surface area (Å²) in [5.41, 5.74) is 9.12. The Hall–Kier alpha value is -2.80. The number of benzene rings is 1. The summed E-state index contributed by atoms with van der Waals surface area (Å²) in [5, 5.41) is 6.83. The van der Waals surface area contributed by atoms with Gasteiger partial charge in [0.2, 0.25) is 5.96 Å². The third-order valence-electron chi connectivity index (χ3n) is 4.47. The van der Waals surface area contributed by atoms with E-state index >= 15 is 0 Å². The van der Waals surface area contributed by atoms with E-state index in [0.29, 0.717) is 23.9 Å². The minimum atomic E-state index is -0.375. The van der Waals surface area contributed by atoms with Crippen LogP contribution in [-0.4, -0.2) is 43.6 Å². The van der Waals surface area contributed by atoms with Crippen LogP contribution < -0.4 is 16.4 Å². The van der Waals surface area contributed by atoms with E-state index in [1.54, 1.807) is 6.21 Å². The molecule has 0 saturated carbocycles. The van der Waals surface area contributed by atoms with Crippen molar-refractivity contribution < 1.29 is 4.79 Å². The summed E-state index contributed by atoms with van der Waals surface area (Å²) in [4.78, 5) is 24.0. The molecule has 1 unspecified atom stereocenters. The van der Waals surface area contributed by atoms with Crippen molar-refractivity contribution >= 4 is 29.6 Å². The van der Waals surface area contributed by atoms with Crippen LogP contribution in [0.3, 0.4) is 0 Å². The third-order valence-corrected chi connectivity index (χ3v) is 4.47. The van der Waals surface area contributed by atoms with E-state index in [1.165, 1.54) is 5.56 Å². The Labute approximate surface area is 139 Å². The van der Waals surface area contributed by atoms with E-state index in [-0.39, 0.29) is 11.9 Å². The van der Waals surface area contributed by atoms with E-state index in [9.17, 15) is 4.79 Å². The van der Waals surface area contributed by atoms with Gasteiger partial charge in [-0.1, -0.05) is 18.2 Å². The van der Waals surface area contributed by atoms with Crippen molar-refractivity contribution in [1.29, 1.82) is 0 Å². The Morgan fingerprint density at radius 3 is 3.00 bits per heavy atom. The number of nitrogens with two attached hydrogens (primary N) is 1. The fourth-order valence-electron chi connectivity index (χ4n) is 3.28. The molecule has 1 fully saturated rings. The van der Waals surface area contributed by atoms with Crippen LogP contribution in [0.25, 0.3) is 0 Å². The van der Waals surface area contributed by atoms with Gasteiger partial charge in [-0.25, -0.2) is 4.99 Å². The standard InChI is InChI=1S/C17H18N6O/c18-17-22-15-14(16(24)23-17)11(9-21-15)8-20-13-4-2-1-3-12(13)10-5-6-19-7-10/h1-4,9-10,19-20H,5-8H2,(H2,18,23,24). The van der Waals surface area contributed by atoms with Crippen molar-refractivity contribution in [3.63, 3.8) is 0 Å². The van der Waals surface area contributed by atoms with Crippen LogP contribution in [0.4, 0.5) is 5.69 Å². The molecule has 3 aliphatic heterocycles. The van der Waals surface area contributed by atoms with Crippen LogP contribution in [0, 0.1) is 0 Å². The topological polar surface area (TPSA) is 104 Å². The minimum absolute atomic E-state index is 0.0378. The maximum Gasteiger partial charge on any atom is 0.284 e. The summed E-state index contributed by atoms with van der Waals surface area (Å²) in [6.07, 6.45) is 2.80. The number of fused-ring (bicyclic) bond motifs is 1. The first kappa shape index (κ1) is 14.8. The number of guanidine groups is 1. The summed E-state index contributed by atoms with van der Waals surface area (Å²) >= 11 is 0. The van der Waals surface area contributed by atoms with Gasteiger partial charge in [0.05, 0.1) is 5.57 Å². The summed E-state index contributed by atoms with van der Waals surface area (Å²) in [7, 11) is 0. The number of hydrogen-bond acceptors (Lipinski definition) is 6. The second-order valence-corrected chi connectivity index (χ2v) is 6.00. The number of rotatable bonds is 4. The Balaban J connectivity index is 1.55. The first-order valence-corrected chi connectivity index (χ1v) is 8.00. The molecule has 122 valence electrons. The number of hydrogen-bond donors (Lipinski definition) is 3. The first-order valence-electron chi connectivity index (χ1n) is 8.00. The zero-order valence-corrected chi connectivity index (χ0v) is 13.1. The maximum absolute atomic E-state index is 12.1. The van der Waals surface area contributed by atoms with Gasteiger partial charge in [-0.15, -0.1) is 0 Å². The van der Waals surface area contributed by atoms with Crippen LogP contribution in [0.2, 0.25) is 0 Å². The van der Waals surface area contributed by atoms with Gasteiger partial charge in [-0.2, -0.15) is 9.98 Å². The summed E-state index contributed by atoms with van der Waals surface area (Å²) in [6, 6.07) is 8.30. The van der Waals surface area contributed by atoms with Crippen LogP contribution in [-0.2, 0) is 4.79 Å². The molecule has 1 atom stereocenters. The number of nitrogens with zero attached hydrogens (tertiary/aromatic N) is 3. The van der Waals surface area contributed by atoms with Gasteiger partial charge >= 0.3 is 0 Å². The molecule has 0 spiro atoms. The highest BCUT2D eigenvalue weighted by Crippen LogP contribution is 2.29. The Bertz CT molecular complexity index is 814. The van der Waals surface area contributed by atoms with Crippen molar-refractivity contribution in [2.45, 2.75) is 12.3 Å². The zero-order valence-electron chi connectivity index (χ0n) is 13.1. The van der Waals surface area contributed by atoms with Crippen LogP contribution in [0.5, 0.6) is 0 Å². The molecular weight excluding hydrogens is 304 g/mol. The van der Waals surface area contributed by atoms with Gasteiger partial charge in [0, 0.05) is 30.6 Å². The minimum Gasteiger partial charge on any atom is -0.381 e. The molecule has 3 aliphatic rings. The second kappa shape index (κ2) is 6.01. The zero-order chi connectivity index (χ0) is 16.5. The fraction of sp³-hybridized carbons (Fsp3) is 0.294. The predicted molar refractivity (Wildman–Crippen MR) is 94.7 cm³/mol. The molecule has 1 amide bonds. The van der Waals surface area contributed by atoms with E-state index in [1.807, 2.05) is 6.07 Å². The average Bonchev–Trinajstić information content (AvgIpc) is 3.23. The monoisotopic (exact) mass is 322 g/mol.